The van der Waals surface area contributed by atoms with Gasteiger partial charge >= 0.3 is 6.09 Å². The summed E-state index contributed by atoms with van der Waals surface area (Å²) in [5.74, 6) is 0. The van der Waals surface area contributed by atoms with Gasteiger partial charge in [0, 0.05) is 12.8 Å². The number of hydrogen-bond acceptors (Lipinski definition) is 4. The monoisotopic (exact) mass is 242 g/mol. The highest BCUT2D eigenvalue weighted by atomic mass is 16.6. The summed E-state index contributed by atoms with van der Waals surface area (Å²) in [4.78, 5) is 13.9. The number of amides is 1. The van der Waals surface area contributed by atoms with E-state index in [-0.39, 0.29) is 6.09 Å². The predicted molar refractivity (Wildman–Crippen MR) is 63.7 cm³/mol. The average Bonchev–Trinajstić information content (AvgIpc) is 2.60. The van der Waals surface area contributed by atoms with Crippen LogP contribution in [0.2, 0.25) is 0 Å². The minimum Gasteiger partial charge on any atom is -0.444 e. The highest BCUT2D eigenvalue weighted by Crippen LogP contribution is 2.33. The lowest BCUT2D eigenvalue weighted by molar-refractivity contribution is -0.101. The summed E-state index contributed by atoms with van der Waals surface area (Å²) >= 11 is 0. The average molecular weight is 242 g/mol. The molecule has 0 bridgehead atoms. The molecular formula is C12H22N2O3. The lowest BCUT2D eigenvalue weighted by atomic mass is 10.0. The number of piperidine rings is 1. The first-order valence-corrected chi connectivity index (χ1v) is 6.28. The molecule has 98 valence electrons. The van der Waals surface area contributed by atoms with Gasteiger partial charge in [-0.2, -0.15) is 0 Å². The van der Waals surface area contributed by atoms with Crippen LogP contribution in [0.25, 0.3) is 0 Å². The Kier molecular flexibility index (Phi) is 3.32. The van der Waals surface area contributed by atoms with Crippen molar-refractivity contribution in [3.8, 4) is 0 Å². The minimum atomic E-state index is -0.451. The van der Waals surface area contributed by atoms with E-state index in [1.165, 1.54) is 0 Å². The van der Waals surface area contributed by atoms with Crippen molar-refractivity contribution in [1.29, 1.82) is 0 Å². The van der Waals surface area contributed by atoms with Crippen LogP contribution < -0.4 is 5.32 Å². The first-order valence-electron chi connectivity index (χ1n) is 6.28. The summed E-state index contributed by atoms with van der Waals surface area (Å²) in [7, 11) is 0. The molecule has 5 nitrogen and oxygen atoms in total. The normalized spacial score (nSPS) is 24.1. The largest absolute Gasteiger partial charge is 0.444 e. The van der Waals surface area contributed by atoms with Gasteiger partial charge in [0.25, 0.3) is 0 Å². The van der Waals surface area contributed by atoms with Gasteiger partial charge in [0.2, 0.25) is 0 Å². The predicted octanol–water partition coefficient (Wildman–Crippen LogP) is 1.33. The highest BCUT2D eigenvalue weighted by molar-refractivity contribution is 5.69. The fraction of sp³-hybridized carbons (Fsp3) is 0.917. The number of nitrogens with one attached hydrogen (secondary N) is 1. The molecule has 0 radical (unpaired) electrons. The second kappa shape index (κ2) is 4.46. The van der Waals surface area contributed by atoms with Gasteiger partial charge in [-0.1, -0.05) is 0 Å². The Morgan fingerprint density at radius 3 is 2.59 bits per heavy atom. The fourth-order valence-corrected chi connectivity index (χ4v) is 2.41. The van der Waals surface area contributed by atoms with Crippen LogP contribution in [0.3, 0.4) is 0 Å². The standard InChI is InChI=1S/C12H22N2O3/c1-11(2,3)17-10(15)14-8-9-16-12(14)4-6-13-7-5-12/h13H,4-9H2,1-3H3. The Bertz CT molecular complexity index is 293. The quantitative estimate of drug-likeness (QED) is 0.696. The van der Waals surface area contributed by atoms with Gasteiger partial charge in [0.15, 0.2) is 0 Å². The molecule has 1 amide bonds. The molecule has 1 spiro atoms. The van der Waals surface area contributed by atoms with E-state index < -0.39 is 11.3 Å². The minimum absolute atomic E-state index is 0.253. The topological polar surface area (TPSA) is 50.8 Å². The van der Waals surface area contributed by atoms with Gasteiger partial charge in [-0.15, -0.1) is 0 Å². The third kappa shape index (κ3) is 2.72. The molecule has 2 aliphatic rings. The van der Waals surface area contributed by atoms with E-state index in [0.29, 0.717) is 13.2 Å². The number of rotatable bonds is 0. The molecule has 2 fully saturated rings. The summed E-state index contributed by atoms with van der Waals surface area (Å²) in [5, 5.41) is 3.28. The smallest absolute Gasteiger partial charge is 0.412 e. The van der Waals surface area contributed by atoms with E-state index in [1.54, 1.807) is 4.90 Å². The lowest BCUT2D eigenvalue weighted by Crippen LogP contribution is -2.55. The zero-order valence-electron chi connectivity index (χ0n) is 10.9. The van der Waals surface area contributed by atoms with Gasteiger partial charge in [-0.05, 0) is 33.9 Å². The molecule has 0 unspecified atom stereocenters. The molecule has 2 saturated heterocycles. The molecule has 5 heteroatoms. The third-order valence-electron chi connectivity index (χ3n) is 3.18. The second-order valence-corrected chi connectivity index (χ2v) is 5.68. The summed E-state index contributed by atoms with van der Waals surface area (Å²) in [6, 6.07) is 0. The maximum Gasteiger partial charge on any atom is 0.412 e. The van der Waals surface area contributed by atoms with Crippen molar-refractivity contribution >= 4 is 6.09 Å². The van der Waals surface area contributed by atoms with Crippen LogP contribution in [0, 0.1) is 0 Å². The van der Waals surface area contributed by atoms with E-state index in [2.05, 4.69) is 5.32 Å². The van der Waals surface area contributed by atoms with Crippen LogP contribution in [0.4, 0.5) is 4.79 Å². The van der Waals surface area contributed by atoms with Gasteiger partial charge in [0.1, 0.15) is 11.3 Å². The third-order valence-corrected chi connectivity index (χ3v) is 3.18. The molecule has 1 N–H and O–H groups in total. The van der Waals surface area contributed by atoms with Crippen LogP contribution >= 0.6 is 0 Å². The lowest BCUT2D eigenvalue weighted by Gasteiger charge is -2.40. The number of carbonyl (C=O) groups is 1. The van der Waals surface area contributed by atoms with Crippen molar-refractivity contribution in [3.63, 3.8) is 0 Å². The van der Waals surface area contributed by atoms with E-state index in [9.17, 15) is 4.79 Å². The zero-order chi connectivity index (χ0) is 12.5. The molecule has 2 heterocycles. The second-order valence-electron chi connectivity index (χ2n) is 5.68. The number of ether oxygens (including phenoxy) is 2. The van der Waals surface area contributed by atoms with Crippen molar-refractivity contribution in [2.24, 2.45) is 0 Å². The molecule has 2 aliphatic heterocycles. The van der Waals surface area contributed by atoms with Crippen molar-refractivity contribution in [2.75, 3.05) is 26.2 Å². The van der Waals surface area contributed by atoms with Gasteiger partial charge in [-0.3, -0.25) is 4.90 Å². The zero-order valence-corrected chi connectivity index (χ0v) is 10.9. The first-order chi connectivity index (χ1) is 7.93. The molecule has 0 aliphatic carbocycles. The molecule has 0 atom stereocenters. The SMILES string of the molecule is CC(C)(C)OC(=O)N1CCOC12CCNCC2. The summed E-state index contributed by atoms with van der Waals surface area (Å²) < 4.78 is 11.3. The van der Waals surface area contributed by atoms with E-state index >= 15 is 0 Å². The number of carbonyl (C=O) groups excluding carboxylic acids is 1. The van der Waals surface area contributed by atoms with Crippen molar-refractivity contribution in [1.82, 2.24) is 10.2 Å². The fourth-order valence-electron chi connectivity index (χ4n) is 2.41. The van der Waals surface area contributed by atoms with Gasteiger partial charge in [0.05, 0.1) is 13.2 Å². The highest BCUT2D eigenvalue weighted by Gasteiger charge is 2.47. The molecule has 0 aromatic carbocycles. The van der Waals surface area contributed by atoms with Crippen molar-refractivity contribution < 1.29 is 14.3 Å². The van der Waals surface area contributed by atoms with Crippen LogP contribution in [0.1, 0.15) is 33.6 Å². The summed E-state index contributed by atoms with van der Waals surface area (Å²) in [6.07, 6.45) is 1.43. The van der Waals surface area contributed by atoms with Crippen molar-refractivity contribution in [2.45, 2.75) is 44.9 Å². The molecule has 17 heavy (non-hydrogen) atoms. The maximum absolute atomic E-state index is 12.1. The Morgan fingerprint density at radius 2 is 2.00 bits per heavy atom. The Hall–Kier alpha value is -0.810. The molecule has 0 aromatic heterocycles. The Morgan fingerprint density at radius 1 is 1.35 bits per heavy atom. The number of nitrogens with zero attached hydrogens (tertiary/aromatic N) is 1. The number of hydrogen-bond donors (Lipinski definition) is 1. The summed E-state index contributed by atoms with van der Waals surface area (Å²) in [6.45, 7) is 8.68. The molecule has 2 rings (SSSR count). The van der Waals surface area contributed by atoms with E-state index in [0.717, 1.165) is 25.9 Å². The van der Waals surface area contributed by atoms with Crippen LogP contribution in [0.15, 0.2) is 0 Å². The van der Waals surface area contributed by atoms with E-state index in [4.69, 9.17) is 9.47 Å². The van der Waals surface area contributed by atoms with Crippen LogP contribution in [-0.2, 0) is 9.47 Å². The molecule has 0 saturated carbocycles. The Labute approximate surface area is 102 Å². The summed E-state index contributed by atoms with van der Waals surface area (Å²) in [5.41, 5.74) is -0.874. The Balaban J connectivity index is 2.06. The van der Waals surface area contributed by atoms with Gasteiger partial charge < -0.3 is 14.8 Å². The van der Waals surface area contributed by atoms with E-state index in [1.807, 2.05) is 20.8 Å². The van der Waals surface area contributed by atoms with Crippen LogP contribution in [-0.4, -0.2) is 48.6 Å². The molecule has 0 aromatic rings. The molecular weight excluding hydrogens is 220 g/mol. The van der Waals surface area contributed by atoms with Crippen molar-refractivity contribution in [3.05, 3.63) is 0 Å². The van der Waals surface area contributed by atoms with Gasteiger partial charge in [-0.25, -0.2) is 4.79 Å². The first kappa shape index (κ1) is 12.6. The van der Waals surface area contributed by atoms with Crippen LogP contribution in [0.5, 0.6) is 0 Å². The maximum atomic E-state index is 12.1.